The van der Waals surface area contributed by atoms with Gasteiger partial charge in [0, 0.05) is 5.56 Å². The first-order valence-electron chi connectivity index (χ1n) is 5.84. The van der Waals surface area contributed by atoms with Gasteiger partial charge in [-0.15, -0.1) is 0 Å². The van der Waals surface area contributed by atoms with Crippen LogP contribution >= 0.6 is 0 Å². The summed E-state index contributed by atoms with van der Waals surface area (Å²) in [5, 5.41) is 11.9. The van der Waals surface area contributed by atoms with Gasteiger partial charge < -0.3 is 20.9 Å². The van der Waals surface area contributed by atoms with Crippen molar-refractivity contribution >= 4 is 11.6 Å². The van der Waals surface area contributed by atoms with Crippen LogP contribution in [0.3, 0.4) is 0 Å². The van der Waals surface area contributed by atoms with Crippen LogP contribution in [0.2, 0.25) is 0 Å². The number of hydrogen-bond acceptors (Lipinski definition) is 4. The van der Waals surface area contributed by atoms with Gasteiger partial charge in [-0.25, -0.2) is 0 Å². The molecule has 0 fully saturated rings. The van der Waals surface area contributed by atoms with Crippen LogP contribution in [0.4, 0.5) is 5.69 Å². The van der Waals surface area contributed by atoms with Gasteiger partial charge in [-0.1, -0.05) is 13.8 Å². The Balaban J connectivity index is 2.84. The van der Waals surface area contributed by atoms with Crippen LogP contribution in [0.5, 0.6) is 5.75 Å². The maximum absolute atomic E-state index is 12.0. The third kappa shape index (κ3) is 3.37. The molecule has 0 heterocycles. The number of nitrogens with two attached hydrogens (primary N) is 1. The number of benzene rings is 1. The second kappa shape index (κ2) is 6.26. The molecule has 0 saturated heterocycles. The van der Waals surface area contributed by atoms with Crippen LogP contribution in [-0.4, -0.2) is 30.8 Å². The first-order valence-corrected chi connectivity index (χ1v) is 5.84. The molecule has 18 heavy (non-hydrogen) atoms. The SMILES string of the molecule is COc1cc(C(=O)NC(CO)C(C)C)ccc1N. The molecule has 1 amide bonds. The normalized spacial score (nSPS) is 12.3. The highest BCUT2D eigenvalue weighted by molar-refractivity contribution is 5.95. The zero-order chi connectivity index (χ0) is 13.7. The third-order valence-corrected chi connectivity index (χ3v) is 2.81. The van der Waals surface area contributed by atoms with Crippen LogP contribution in [0, 0.1) is 5.92 Å². The van der Waals surface area contributed by atoms with E-state index in [0.717, 1.165) is 0 Å². The number of hydrogen-bond donors (Lipinski definition) is 3. The van der Waals surface area contributed by atoms with Gasteiger partial charge in [0.25, 0.3) is 5.91 Å². The lowest BCUT2D eigenvalue weighted by Crippen LogP contribution is -2.41. The Kier molecular flexibility index (Phi) is 4.97. The van der Waals surface area contributed by atoms with Gasteiger partial charge in [0.2, 0.25) is 0 Å². The van der Waals surface area contributed by atoms with E-state index in [1.807, 2.05) is 13.8 Å². The van der Waals surface area contributed by atoms with Crippen LogP contribution in [0.15, 0.2) is 18.2 Å². The Morgan fingerprint density at radius 1 is 1.50 bits per heavy atom. The van der Waals surface area contributed by atoms with Gasteiger partial charge in [-0.3, -0.25) is 4.79 Å². The molecule has 4 N–H and O–H groups in total. The van der Waals surface area contributed by atoms with E-state index in [-0.39, 0.29) is 24.5 Å². The maximum Gasteiger partial charge on any atom is 0.251 e. The van der Waals surface area contributed by atoms with Crippen molar-refractivity contribution in [2.75, 3.05) is 19.5 Å². The Morgan fingerprint density at radius 2 is 2.17 bits per heavy atom. The van der Waals surface area contributed by atoms with Crippen LogP contribution in [0.25, 0.3) is 0 Å². The van der Waals surface area contributed by atoms with Crippen LogP contribution in [-0.2, 0) is 0 Å². The van der Waals surface area contributed by atoms with Crippen molar-refractivity contribution in [1.29, 1.82) is 0 Å². The summed E-state index contributed by atoms with van der Waals surface area (Å²) in [6, 6.07) is 4.57. The molecule has 100 valence electrons. The van der Waals surface area contributed by atoms with E-state index >= 15 is 0 Å². The molecule has 5 nitrogen and oxygen atoms in total. The number of methoxy groups -OCH3 is 1. The van der Waals surface area contributed by atoms with Crippen molar-refractivity contribution in [2.24, 2.45) is 5.92 Å². The number of nitrogen functional groups attached to an aromatic ring is 1. The van der Waals surface area contributed by atoms with Crippen molar-refractivity contribution in [3.8, 4) is 5.75 Å². The van der Waals surface area contributed by atoms with E-state index in [0.29, 0.717) is 17.0 Å². The van der Waals surface area contributed by atoms with E-state index in [9.17, 15) is 9.90 Å². The molecule has 0 radical (unpaired) electrons. The van der Waals surface area contributed by atoms with Crippen LogP contribution < -0.4 is 15.8 Å². The predicted molar refractivity (Wildman–Crippen MR) is 70.6 cm³/mol. The molecule has 0 saturated carbocycles. The van der Waals surface area contributed by atoms with Crippen molar-refractivity contribution in [2.45, 2.75) is 19.9 Å². The lowest BCUT2D eigenvalue weighted by molar-refractivity contribution is 0.0896. The standard InChI is InChI=1S/C13H20N2O3/c1-8(2)11(7-16)15-13(17)9-4-5-10(14)12(6-9)18-3/h4-6,8,11,16H,7,14H2,1-3H3,(H,15,17). The number of anilines is 1. The maximum atomic E-state index is 12.0. The minimum Gasteiger partial charge on any atom is -0.495 e. The molecule has 5 heteroatoms. The number of rotatable bonds is 5. The fraction of sp³-hybridized carbons (Fsp3) is 0.462. The first-order chi connectivity index (χ1) is 8.49. The number of nitrogens with one attached hydrogen (secondary N) is 1. The fourth-order valence-corrected chi connectivity index (χ4v) is 1.53. The Morgan fingerprint density at radius 3 is 2.67 bits per heavy atom. The molecule has 1 atom stereocenters. The average Bonchev–Trinajstić information content (AvgIpc) is 2.35. The van der Waals surface area contributed by atoms with E-state index in [1.54, 1.807) is 18.2 Å². The Bertz CT molecular complexity index is 419. The van der Waals surface area contributed by atoms with Gasteiger partial charge in [0.1, 0.15) is 5.75 Å². The molecule has 0 aromatic heterocycles. The lowest BCUT2D eigenvalue weighted by atomic mass is 10.0. The zero-order valence-electron chi connectivity index (χ0n) is 10.9. The summed E-state index contributed by atoms with van der Waals surface area (Å²) < 4.78 is 5.06. The van der Waals surface area contributed by atoms with Crippen LogP contribution in [0.1, 0.15) is 24.2 Å². The number of carbonyl (C=O) groups excluding carboxylic acids is 1. The zero-order valence-corrected chi connectivity index (χ0v) is 10.9. The largest absolute Gasteiger partial charge is 0.495 e. The lowest BCUT2D eigenvalue weighted by Gasteiger charge is -2.20. The molecule has 0 spiro atoms. The molecule has 0 aliphatic heterocycles. The van der Waals surface area contributed by atoms with E-state index in [2.05, 4.69) is 5.32 Å². The fourth-order valence-electron chi connectivity index (χ4n) is 1.53. The molecular formula is C13H20N2O3. The van der Waals surface area contributed by atoms with Crippen molar-refractivity contribution in [3.05, 3.63) is 23.8 Å². The number of ether oxygens (including phenoxy) is 1. The van der Waals surface area contributed by atoms with E-state index in [1.165, 1.54) is 7.11 Å². The van der Waals surface area contributed by atoms with Gasteiger partial charge in [-0.05, 0) is 24.1 Å². The monoisotopic (exact) mass is 252 g/mol. The van der Waals surface area contributed by atoms with Gasteiger partial charge >= 0.3 is 0 Å². The molecular weight excluding hydrogens is 232 g/mol. The molecule has 1 rings (SSSR count). The van der Waals surface area contributed by atoms with Gasteiger partial charge in [0.05, 0.1) is 25.4 Å². The van der Waals surface area contributed by atoms with E-state index < -0.39 is 0 Å². The first kappa shape index (κ1) is 14.3. The summed E-state index contributed by atoms with van der Waals surface area (Å²) in [5.74, 6) is 0.378. The van der Waals surface area contributed by atoms with Gasteiger partial charge in [-0.2, -0.15) is 0 Å². The predicted octanol–water partition coefficient (Wildman–Crippen LogP) is 1.02. The average molecular weight is 252 g/mol. The highest BCUT2D eigenvalue weighted by Gasteiger charge is 2.16. The Hall–Kier alpha value is -1.75. The second-order valence-electron chi connectivity index (χ2n) is 4.46. The van der Waals surface area contributed by atoms with Crippen molar-refractivity contribution < 1.29 is 14.6 Å². The smallest absolute Gasteiger partial charge is 0.251 e. The number of aliphatic hydroxyl groups excluding tert-OH is 1. The highest BCUT2D eigenvalue weighted by atomic mass is 16.5. The summed E-state index contributed by atoms with van der Waals surface area (Å²) in [7, 11) is 1.50. The molecule has 0 aliphatic rings. The van der Waals surface area contributed by atoms with E-state index in [4.69, 9.17) is 10.5 Å². The Labute approximate surface area is 107 Å². The topological polar surface area (TPSA) is 84.6 Å². The highest BCUT2D eigenvalue weighted by Crippen LogP contribution is 2.22. The summed E-state index contributed by atoms with van der Waals surface area (Å²) in [6.45, 7) is 3.78. The van der Waals surface area contributed by atoms with Gasteiger partial charge in [0.15, 0.2) is 0 Å². The molecule has 0 aliphatic carbocycles. The second-order valence-corrected chi connectivity index (χ2v) is 4.46. The molecule has 0 bridgehead atoms. The minimum atomic E-state index is -0.263. The third-order valence-electron chi connectivity index (χ3n) is 2.81. The van der Waals surface area contributed by atoms with Crippen molar-refractivity contribution in [1.82, 2.24) is 5.32 Å². The van der Waals surface area contributed by atoms with Crippen molar-refractivity contribution in [3.63, 3.8) is 0 Å². The quantitative estimate of drug-likeness (QED) is 0.683. The summed E-state index contributed by atoms with van der Waals surface area (Å²) in [6.07, 6.45) is 0. The molecule has 1 aromatic rings. The number of amides is 1. The number of aliphatic hydroxyl groups is 1. The molecule has 1 unspecified atom stereocenters. The summed E-state index contributed by atoms with van der Waals surface area (Å²) >= 11 is 0. The molecule has 1 aromatic carbocycles. The summed E-state index contributed by atoms with van der Waals surface area (Å²) in [5.41, 5.74) is 6.62. The minimum absolute atomic E-state index is 0.0878. The number of carbonyl (C=O) groups is 1. The summed E-state index contributed by atoms with van der Waals surface area (Å²) in [4.78, 5) is 12.0.